The maximum absolute atomic E-state index is 6.03. The van der Waals surface area contributed by atoms with Crippen LogP contribution in [0.5, 0.6) is 0 Å². The summed E-state index contributed by atoms with van der Waals surface area (Å²) in [5.74, 6) is 0. The van der Waals surface area contributed by atoms with Crippen LogP contribution in [0.2, 0.25) is 0 Å². The van der Waals surface area contributed by atoms with Crippen LogP contribution in [0.3, 0.4) is 0 Å². The average molecular weight is 293 g/mol. The number of hydrogen-bond donors (Lipinski definition) is 1. The van der Waals surface area contributed by atoms with Crippen molar-refractivity contribution in [1.82, 2.24) is 9.78 Å². The van der Waals surface area contributed by atoms with E-state index >= 15 is 0 Å². The molecule has 1 aromatic rings. The fourth-order valence-corrected chi connectivity index (χ4v) is 3.74. The Bertz CT molecular complexity index is 504. The smallest absolute Gasteiger partial charge is 0.0957 e. The summed E-state index contributed by atoms with van der Waals surface area (Å²) in [7, 11) is 0. The lowest BCUT2D eigenvalue weighted by atomic mass is 9.89. The van der Waals surface area contributed by atoms with Gasteiger partial charge in [-0.15, -0.1) is 0 Å². The highest BCUT2D eigenvalue weighted by molar-refractivity contribution is 5.26. The monoisotopic (exact) mass is 293 g/mol. The Kier molecular flexibility index (Phi) is 4.08. The van der Waals surface area contributed by atoms with Gasteiger partial charge in [-0.2, -0.15) is 5.10 Å². The van der Waals surface area contributed by atoms with Crippen molar-refractivity contribution in [3.05, 3.63) is 17.0 Å². The van der Waals surface area contributed by atoms with Crippen molar-refractivity contribution in [2.45, 2.75) is 64.1 Å². The molecular weight excluding hydrogens is 266 g/mol. The summed E-state index contributed by atoms with van der Waals surface area (Å²) in [5, 5.41) is 4.81. The molecule has 0 aromatic carbocycles. The zero-order valence-corrected chi connectivity index (χ0v) is 13.4. The van der Waals surface area contributed by atoms with Crippen molar-refractivity contribution in [3.63, 3.8) is 0 Å². The molecule has 0 bridgehead atoms. The molecule has 2 aliphatic rings. The molecule has 1 spiro atoms. The minimum absolute atomic E-state index is 0.0729. The minimum atomic E-state index is -0.0729. The predicted octanol–water partition coefficient (Wildman–Crippen LogP) is 1.90. The van der Waals surface area contributed by atoms with Gasteiger partial charge in [0.15, 0.2) is 0 Å². The second-order valence-electron chi connectivity index (χ2n) is 6.76. The van der Waals surface area contributed by atoms with Gasteiger partial charge in [0.1, 0.15) is 0 Å². The first-order valence-corrected chi connectivity index (χ1v) is 8.03. The van der Waals surface area contributed by atoms with Crippen molar-refractivity contribution in [3.8, 4) is 0 Å². The molecule has 21 heavy (non-hydrogen) atoms. The molecule has 0 radical (unpaired) electrons. The molecule has 2 saturated heterocycles. The Hall–Kier alpha value is -0.910. The summed E-state index contributed by atoms with van der Waals surface area (Å²) in [6, 6.07) is 0.588. The molecular formula is C16H27N3O2. The summed E-state index contributed by atoms with van der Waals surface area (Å²) in [6.45, 7) is 8.67. The second kappa shape index (κ2) is 5.71. The van der Waals surface area contributed by atoms with E-state index in [9.17, 15) is 0 Å². The maximum atomic E-state index is 6.03. The van der Waals surface area contributed by atoms with E-state index in [1.807, 2.05) is 0 Å². The third kappa shape index (κ3) is 2.87. The highest BCUT2D eigenvalue weighted by atomic mass is 16.6. The van der Waals surface area contributed by atoms with Crippen LogP contribution in [0.4, 0.5) is 0 Å². The third-order valence-electron chi connectivity index (χ3n) is 4.88. The van der Waals surface area contributed by atoms with E-state index in [-0.39, 0.29) is 11.6 Å². The number of aryl methyl sites for hydroxylation is 1. The summed E-state index contributed by atoms with van der Waals surface area (Å²) >= 11 is 0. The van der Waals surface area contributed by atoms with Crippen molar-refractivity contribution in [2.24, 2.45) is 5.73 Å². The Labute approximate surface area is 126 Å². The van der Waals surface area contributed by atoms with Crippen LogP contribution in [-0.2, 0) is 15.9 Å². The lowest BCUT2D eigenvalue weighted by Crippen LogP contribution is -2.41. The molecule has 3 unspecified atom stereocenters. The van der Waals surface area contributed by atoms with Gasteiger partial charge in [0.25, 0.3) is 0 Å². The fourth-order valence-electron chi connectivity index (χ4n) is 3.74. The van der Waals surface area contributed by atoms with Crippen molar-refractivity contribution < 1.29 is 9.47 Å². The standard InChI is InChI=1S/C16H27N3O2/c1-11(17)8-15-12(2)18-19(13(15)3)14-4-6-21-16(9-14)5-7-20-10-16/h11,14H,4-10,17H2,1-3H3. The first-order valence-electron chi connectivity index (χ1n) is 8.03. The van der Waals surface area contributed by atoms with Crippen molar-refractivity contribution >= 4 is 0 Å². The van der Waals surface area contributed by atoms with E-state index in [0.717, 1.165) is 51.2 Å². The molecule has 5 nitrogen and oxygen atoms in total. The molecule has 5 heteroatoms. The molecule has 118 valence electrons. The largest absolute Gasteiger partial charge is 0.378 e. The lowest BCUT2D eigenvalue weighted by Gasteiger charge is -2.37. The Morgan fingerprint density at radius 3 is 2.90 bits per heavy atom. The van der Waals surface area contributed by atoms with Gasteiger partial charge < -0.3 is 15.2 Å². The Balaban J connectivity index is 1.83. The van der Waals surface area contributed by atoms with E-state index in [4.69, 9.17) is 20.3 Å². The molecule has 2 aliphatic heterocycles. The van der Waals surface area contributed by atoms with E-state index in [0.29, 0.717) is 6.04 Å². The molecule has 3 heterocycles. The summed E-state index contributed by atoms with van der Waals surface area (Å²) in [6.07, 6.45) is 3.94. The number of nitrogens with two attached hydrogens (primary N) is 1. The van der Waals surface area contributed by atoms with Gasteiger partial charge in [0.2, 0.25) is 0 Å². The van der Waals surface area contributed by atoms with E-state index in [2.05, 4.69) is 25.5 Å². The first-order chi connectivity index (χ1) is 10.0. The number of aromatic nitrogens is 2. The lowest BCUT2D eigenvalue weighted by molar-refractivity contribution is -0.0965. The summed E-state index contributed by atoms with van der Waals surface area (Å²) in [4.78, 5) is 0. The van der Waals surface area contributed by atoms with E-state index in [1.165, 1.54) is 11.3 Å². The van der Waals surface area contributed by atoms with Crippen LogP contribution >= 0.6 is 0 Å². The quantitative estimate of drug-likeness (QED) is 0.924. The van der Waals surface area contributed by atoms with Crippen LogP contribution in [-0.4, -0.2) is 41.2 Å². The first kappa shape index (κ1) is 15.0. The second-order valence-corrected chi connectivity index (χ2v) is 6.76. The molecule has 0 amide bonds. The summed E-state index contributed by atoms with van der Waals surface area (Å²) < 4.78 is 13.8. The highest BCUT2D eigenvalue weighted by Crippen LogP contribution is 2.38. The summed E-state index contributed by atoms with van der Waals surface area (Å²) in [5.41, 5.74) is 9.60. The zero-order chi connectivity index (χ0) is 15.0. The SMILES string of the molecule is Cc1nn(C2CCOC3(CCOC3)C2)c(C)c1CC(C)N. The molecule has 0 aliphatic carbocycles. The van der Waals surface area contributed by atoms with Crippen LogP contribution in [0.1, 0.15) is 49.2 Å². The van der Waals surface area contributed by atoms with E-state index in [1.54, 1.807) is 0 Å². The number of ether oxygens (including phenoxy) is 2. The van der Waals surface area contributed by atoms with Crippen LogP contribution in [0.15, 0.2) is 0 Å². The van der Waals surface area contributed by atoms with Crippen molar-refractivity contribution in [1.29, 1.82) is 0 Å². The predicted molar refractivity (Wildman–Crippen MR) is 81.4 cm³/mol. The highest BCUT2D eigenvalue weighted by Gasteiger charge is 2.42. The minimum Gasteiger partial charge on any atom is -0.378 e. The maximum Gasteiger partial charge on any atom is 0.0957 e. The van der Waals surface area contributed by atoms with E-state index < -0.39 is 0 Å². The number of rotatable bonds is 3. The normalized spacial score (nSPS) is 31.0. The van der Waals surface area contributed by atoms with Gasteiger partial charge in [-0.05, 0) is 39.2 Å². The number of nitrogens with zero attached hydrogens (tertiary/aromatic N) is 2. The topological polar surface area (TPSA) is 62.3 Å². The Morgan fingerprint density at radius 2 is 2.24 bits per heavy atom. The van der Waals surface area contributed by atoms with Crippen LogP contribution in [0.25, 0.3) is 0 Å². The van der Waals surface area contributed by atoms with Crippen molar-refractivity contribution in [2.75, 3.05) is 19.8 Å². The van der Waals surface area contributed by atoms with Gasteiger partial charge in [-0.25, -0.2) is 0 Å². The van der Waals surface area contributed by atoms with Gasteiger partial charge in [-0.3, -0.25) is 4.68 Å². The van der Waals surface area contributed by atoms with Gasteiger partial charge in [-0.1, -0.05) is 0 Å². The molecule has 2 fully saturated rings. The van der Waals surface area contributed by atoms with Crippen LogP contribution < -0.4 is 5.73 Å². The Morgan fingerprint density at radius 1 is 1.43 bits per heavy atom. The molecule has 1 aromatic heterocycles. The average Bonchev–Trinajstić information content (AvgIpc) is 2.98. The van der Waals surface area contributed by atoms with Gasteiger partial charge in [0, 0.05) is 37.8 Å². The molecule has 3 atom stereocenters. The van der Waals surface area contributed by atoms with Crippen LogP contribution in [0, 0.1) is 13.8 Å². The zero-order valence-electron chi connectivity index (χ0n) is 13.4. The molecule has 0 saturated carbocycles. The third-order valence-corrected chi connectivity index (χ3v) is 4.88. The molecule has 2 N–H and O–H groups in total. The molecule has 3 rings (SSSR count). The number of hydrogen-bond acceptors (Lipinski definition) is 4. The van der Waals surface area contributed by atoms with Gasteiger partial charge >= 0.3 is 0 Å². The van der Waals surface area contributed by atoms with Gasteiger partial charge in [0.05, 0.1) is 23.9 Å². The fraction of sp³-hybridized carbons (Fsp3) is 0.812.